The second-order valence-corrected chi connectivity index (χ2v) is 9.31. The Hall–Kier alpha value is -3.93. The molecule has 0 spiro atoms. The molecule has 11 nitrogen and oxygen atoms in total. The summed E-state index contributed by atoms with van der Waals surface area (Å²) in [5.74, 6) is -1.84. The van der Waals surface area contributed by atoms with Crippen LogP contribution in [0.25, 0.3) is 0 Å². The number of anilines is 1. The average molecular weight is 513 g/mol. The number of Topliss-reactive ketones (excluding diaryl/α,β-unsaturated/α-hetero) is 1. The molecule has 0 aliphatic rings. The van der Waals surface area contributed by atoms with E-state index in [-0.39, 0.29) is 13.2 Å². The molecule has 0 aliphatic heterocycles. The molecule has 0 saturated carbocycles. The van der Waals surface area contributed by atoms with E-state index in [0.29, 0.717) is 5.16 Å². The number of tetrazole rings is 1. The van der Waals surface area contributed by atoms with Gasteiger partial charge < -0.3 is 20.1 Å². The Morgan fingerprint density at radius 2 is 1.81 bits per heavy atom. The quantitative estimate of drug-likeness (QED) is 0.394. The summed E-state index contributed by atoms with van der Waals surface area (Å²) in [6.07, 6.45) is -1.50. The standard InChI is InChI=1S/C24H28N6O5S/c1-15-10-18(29(3)4)11-16(2)22(15)36-23-26-28-30(27-23)13-20(31)19(12-21(32)33)25-24(34)35-14-17-8-6-5-7-9-17/h5-11,19H,12-14H2,1-4H3,(H,25,34)(H,32,33). The second-order valence-electron chi connectivity index (χ2n) is 8.33. The van der Waals surface area contributed by atoms with E-state index >= 15 is 0 Å². The maximum atomic E-state index is 12.8. The number of aliphatic carboxylic acids is 1. The molecule has 1 heterocycles. The number of alkyl carbamates (subject to hydrolysis) is 1. The van der Waals surface area contributed by atoms with E-state index in [0.717, 1.165) is 32.1 Å². The zero-order valence-electron chi connectivity index (χ0n) is 20.5. The van der Waals surface area contributed by atoms with Crippen molar-refractivity contribution in [3.8, 4) is 0 Å². The van der Waals surface area contributed by atoms with E-state index in [1.165, 1.54) is 11.8 Å². The third-order valence-electron chi connectivity index (χ3n) is 5.16. The Bertz CT molecular complexity index is 1210. The zero-order valence-corrected chi connectivity index (χ0v) is 21.3. The third-order valence-corrected chi connectivity index (χ3v) is 6.35. The minimum absolute atomic E-state index is 0.0137. The monoisotopic (exact) mass is 512 g/mol. The van der Waals surface area contributed by atoms with E-state index in [1.807, 2.05) is 38.9 Å². The normalized spacial score (nSPS) is 11.6. The highest BCUT2D eigenvalue weighted by molar-refractivity contribution is 7.99. The minimum atomic E-state index is -1.31. The highest BCUT2D eigenvalue weighted by Gasteiger charge is 2.25. The van der Waals surface area contributed by atoms with Gasteiger partial charge in [0.15, 0.2) is 5.78 Å². The number of ether oxygens (including phenoxy) is 1. The van der Waals surface area contributed by atoms with E-state index < -0.39 is 30.3 Å². The summed E-state index contributed by atoms with van der Waals surface area (Å²) in [4.78, 5) is 40.3. The van der Waals surface area contributed by atoms with E-state index in [1.54, 1.807) is 24.3 Å². The maximum absolute atomic E-state index is 12.8. The largest absolute Gasteiger partial charge is 0.481 e. The predicted octanol–water partition coefficient (Wildman–Crippen LogP) is 2.85. The van der Waals surface area contributed by atoms with Crippen molar-refractivity contribution in [2.24, 2.45) is 0 Å². The molecular weight excluding hydrogens is 484 g/mol. The van der Waals surface area contributed by atoms with Gasteiger partial charge in [0.2, 0.25) is 5.16 Å². The van der Waals surface area contributed by atoms with Crippen molar-refractivity contribution >= 4 is 35.3 Å². The molecule has 2 aromatic carbocycles. The first-order chi connectivity index (χ1) is 17.1. The number of hydrogen-bond donors (Lipinski definition) is 2. The van der Waals surface area contributed by atoms with Crippen molar-refractivity contribution in [2.75, 3.05) is 19.0 Å². The first kappa shape index (κ1) is 26.7. The molecule has 0 radical (unpaired) electrons. The number of carbonyl (C=O) groups is 3. The first-order valence-electron chi connectivity index (χ1n) is 11.1. The van der Waals surface area contributed by atoms with Gasteiger partial charge in [-0.3, -0.25) is 9.59 Å². The number of aryl methyl sites for hydroxylation is 2. The van der Waals surface area contributed by atoms with Crippen LogP contribution >= 0.6 is 11.8 Å². The summed E-state index contributed by atoms with van der Waals surface area (Å²) in [6.45, 7) is 3.62. The van der Waals surface area contributed by atoms with Gasteiger partial charge in [-0.25, -0.2) is 4.79 Å². The SMILES string of the molecule is Cc1cc(N(C)C)cc(C)c1Sc1nnn(CC(=O)C(CC(=O)O)NC(=O)OCc2ccccc2)n1. The van der Waals surface area contributed by atoms with E-state index in [9.17, 15) is 19.5 Å². The summed E-state index contributed by atoms with van der Waals surface area (Å²) in [5.41, 5.74) is 3.94. The van der Waals surface area contributed by atoms with Crippen LogP contribution in [0.3, 0.4) is 0 Å². The third kappa shape index (κ3) is 7.54. The molecular formula is C24H28N6O5S. The molecule has 3 aromatic rings. The van der Waals surface area contributed by atoms with E-state index in [2.05, 4.69) is 32.9 Å². The number of carbonyl (C=O) groups excluding carboxylic acids is 2. The van der Waals surface area contributed by atoms with Gasteiger partial charge in [0.05, 0.1) is 6.42 Å². The van der Waals surface area contributed by atoms with Crippen LogP contribution in [0.15, 0.2) is 52.5 Å². The highest BCUT2D eigenvalue weighted by atomic mass is 32.2. The molecule has 12 heteroatoms. The lowest BCUT2D eigenvalue weighted by Gasteiger charge is -2.16. The fourth-order valence-electron chi connectivity index (χ4n) is 3.35. The van der Waals surface area contributed by atoms with Gasteiger partial charge in [-0.1, -0.05) is 30.3 Å². The molecule has 1 unspecified atom stereocenters. The Morgan fingerprint density at radius 1 is 1.14 bits per heavy atom. The van der Waals surface area contributed by atoms with Crippen LogP contribution in [-0.2, 0) is 27.5 Å². The van der Waals surface area contributed by atoms with Crippen LogP contribution in [0, 0.1) is 13.8 Å². The average Bonchev–Trinajstić information content (AvgIpc) is 3.26. The molecule has 2 N–H and O–H groups in total. The highest BCUT2D eigenvalue weighted by Crippen LogP contribution is 2.33. The lowest BCUT2D eigenvalue weighted by Crippen LogP contribution is -2.44. The number of hydrogen-bond acceptors (Lipinski definition) is 9. The second kappa shape index (κ2) is 12.2. The fourth-order valence-corrected chi connectivity index (χ4v) is 4.19. The topological polar surface area (TPSA) is 140 Å². The van der Waals surface area contributed by atoms with Gasteiger partial charge in [-0.05, 0) is 59.6 Å². The van der Waals surface area contributed by atoms with Crippen molar-refractivity contribution < 1.29 is 24.2 Å². The summed E-state index contributed by atoms with van der Waals surface area (Å²) >= 11 is 1.32. The van der Waals surface area contributed by atoms with Gasteiger partial charge in [0.25, 0.3) is 0 Å². The summed E-state index contributed by atoms with van der Waals surface area (Å²) in [6, 6.07) is 11.8. The number of ketones is 1. The summed E-state index contributed by atoms with van der Waals surface area (Å²) in [7, 11) is 3.95. The number of benzene rings is 2. The molecule has 1 amide bonds. The lowest BCUT2D eigenvalue weighted by atomic mass is 10.1. The number of amides is 1. The van der Waals surface area contributed by atoms with Gasteiger partial charge in [-0.15, -0.1) is 10.2 Å². The maximum Gasteiger partial charge on any atom is 0.408 e. The van der Waals surface area contributed by atoms with Crippen LogP contribution in [0.1, 0.15) is 23.1 Å². The Balaban J connectivity index is 1.63. The number of aromatic nitrogens is 4. The minimum Gasteiger partial charge on any atom is -0.481 e. The van der Waals surface area contributed by atoms with Gasteiger partial charge >= 0.3 is 12.1 Å². The number of nitrogens with zero attached hydrogens (tertiary/aromatic N) is 5. The fraction of sp³-hybridized carbons (Fsp3) is 0.333. The Morgan fingerprint density at radius 3 is 2.42 bits per heavy atom. The van der Waals surface area contributed by atoms with Gasteiger partial charge in [-0.2, -0.15) is 4.80 Å². The summed E-state index contributed by atoms with van der Waals surface area (Å²) in [5, 5.41) is 24.0. The first-order valence-corrected chi connectivity index (χ1v) is 11.9. The number of nitrogens with one attached hydrogen (secondary N) is 1. The Kier molecular flexibility index (Phi) is 9.01. The molecule has 3 rings (SSSR count). The molecule has 1 atom stereocenters. The van der Waals surface area contributed by atoms with Crippen molar-refractivity contribution in [1.29, 1.82) is 0 Å². The van der Waals surface area contributed by atoms with Crippen molar-refractivity contribution in [3.05, 3.63) is 59.2 Å². The number of carboxylic acid groups (broad SMARTS) is 1. The number of rotatable bonds is 11. The van der Waals surface area contributed by atoms with Gasteiger partial charge in [0, 0.05) is 24.7 Å². The summed E-state index contributed by atoms with van der Waals surface area (Å²) < 4.78 is 5.10. The molecule has 190 valence electrons. The van der Waals surface area contributed by atoms with Crippen molar-refractivity contribution in [3.63, 3.8) is 0 Å². The smallest absolute Gasteiger partial charge is 0.408 e. The Labute approximate surface area is 212 Å². The molecule has 36 heavy (non-hydrogen) atoms. The molecule has 0 bridgehead atoms. The van der Waals surface area contributed by atoms with Crippen LogP contribution in [0.5, 0.6) is 0 Å². The van der Waals surface area contributed by atoms with Crippen LogP contribution in [0.2, 0.25) is 0 Å². The lowest BCUT2D eigenvalue weighted by molar-refractivity contribution is -0.139. The molecule has 0 fully saturated rings. The van der Waals surface area contributed by atoms with Crippen LogP contribution in [-0.4, -0.2) is 63.3 Å². The predicted molar refractivity (Wildman–Crippen MR) is 133 cm³/mol. The van der Waals surface area contributed by atoms with Crippen molar-refractivity contribution in [2.45, 2.75) is 49.5 Å². The molecule has 1 aromatic heterocycles. The van der Waals surface area contributed by atoms with Crippen molar-refractivity contribution in [1.82, 2.24) is 25.5 Å². The zero-order chi connectivity index (χ0) is 26.2. The molecule has 0 saturated heterocycles. The van der Waals surface area contributed by atoms with Crippen LogP contribution in [0.4, 0.5) is 10.5 Å². The van der Waals surface area contributed by atoms with E-state index in [4.69, 9.17) is 4.74 Å². The van der Waals surface area contributed by atoms with Gasteiger partial charge in [0.1, 0.15) is 19.2 Å². The number of carboxylic acids is 1. The van der Waals surface area contributed by atoms with Crippen LogP contribution < -0.4 is 10.2 Å². The molecule has 0 aliphatic carbocycles.